The molecule has 0 unspecified atom stereocenters. The van der Waals surface area contributed by atoms with Gasteiger partial charge >= 0.3 is 0 Å². The highest BCUT2D eigenvalue weighted by Crippen LogP contribution is 2.52. The topological polar surface area (TPSA) is 168 Å². The Bertz CT molecular complexity index is 2160. The first-order chi connectivity index (χ1) is 23.9. The van der Waals surface area contributed by atoms with E-state index in [0.29, 0.717) is 33.4 Å². The summed E-state index contributed by atoms with van der Waals surface area (Å²) >= 11 is 0. The van der Waals surface area contributed by atoms with Crippen molar-refractivity contribution in [3.05, 3.63) is 179 Å². The standard InChI is InChI=1S/2C19H14O5S/c2*20-15-9-5-13(6-10-15)19(14-7-11-16(21)12-8-14)17-3-1-2-4-18(17)25(22,23)24-19/h2*1-12,20-21H. The second-order valence-corrected chi connectivity index (χ2v) is 14.6. The maximum absolute atomic E-state index is 12.6. The molecule has 12 heteroatoms. The highest BCUT2D eigenvalue weighted by atomic mass is 32.2. The molecule has 6 aromatic carbocycles. The van der Waals surface area contributed by atoms with Crippen molar-refractivity contribution >= 4 is 20.2 Å². The van der Waals surface area contributed by atoms with Crippen LogP contribution in [0.25, 0.3) is 0 Å². The van der Waals surface area contributed by atoms with E-state index in [-0.39, 0.29) is 32.8 Å². The first-order valence-electron chi connectivity index (χ1n) is 15.2. The third-order valence-corrected chi connectivity index (χ3v) is 11.4. The number of hydrogen-bond donors (Lipinski definition) is 4. The fourth-order valence-electron chi connectivity index (χ4n) is 6.39. The molecular weight excluding hydrogens is 681 g/mol. The lowest BCUT2D eigenvalue weighted by Gasteiger charge is -2.29. The van der Waals surface area contributed by atoms with Crippen LogP contribution in [0.4, 0.5) is 0 Å². The predicted octanol–water partition coefficient (Wildman–Crippen LogP) is 6.22. The maximum atomic E-state index is 12.6. The molecule has 0 atom stereocenters. The van der Waals surface area contributed by atoms with Crippen LogP contribution in [0, 0.1) is 0 Å². The summed E-state index contributed by atoms with van der Waals surface area (Å²) in [6.07, 6.45) is 0. The molecule has 0 spiro atoms. The average Bonchev–Trinajstić information content (AvgIpc) is 3.51. The Morgan fingerprint density at radius 1 is 0.360 bits per heavy atom. The molecule has 0 saturated carbocycles. The van der Waals surface area contributed by atoms with Gasteiger partial charge in [0, 0.05) is 11.1 Å². The first-order valence-corrected chi connectivity index (χ1v) is 18.0. The molecule has 0 amide bonds. The second kappa shape index (κ2) is 12.0. The van der Waals surface area contributed by atoms with Crippen LogP contribution in [0.2, 0.25) is 0 Å². The molecular formula is C38H28O10S2. The molecule has 0 saturated heterocycles. The van der Waals surface area contributed by atoms with Gasteiger partial charge in [0.25, 0.3) is 20.2 Å². The van der Waals surface area contributed by atoms with Gasteiger partial charge in [0.05, 0.1) is 0 Å². The van der Waals surface area contributed by atoms with Gasteiger partial charge in [0.2, 0.25) is 0 Å². The zero-order valence-electron chi connectivity index (χ0n) is 25.9. The van der Waals surface area contributed by atoms with E-state index in [4.69, 9.17) is 8.37 Å². The minimum absolute atomic E-state index is 0.0683. The monoisotopic (exact) mass is 708 g/mol. The summed E-state index contributed by atoms with van der Waals surface area (Å²) < 4.78 is 61.8. The summed E-state index contributed by atoms with van der Waals surface area (Å²) in [6.45, 7) is 0. The van der Waals surface area contributed by atoms with Crippen LogP contribution in [0.3, 0.4) is 0 Å². The number of phenols is 4. The van der Waals surface area contributed by atoms with Gasteiger partial charge in [-0.2, -0.15) is 16.8 Å². The highest BCUT2D eigenvalue weighted by molar-refractivity contribution is 7.87. The van der Waals surface area contributed by atoms with Crippen molar-refractivity contribution in [2.75, 3.05) is 0 Å². The Balaban J connectivity index is 0.000000157. The van der Waals surface area contributed by atoms with Crippen molar-refractivity contribution in [2.24, 2.45) is 0 Å². The minimum atomic E-state index is -3.95. The molecule has 8 rings (SSSR count). The Kier molecular flexibility index (Phi) is 7.91. The lowest BCUT2D eigenvalue weighted by atomic mass is 9.80. The van der Waals surface area contributed by atoms with Gasteiger partial charge in [-0.25, -0.2) is 8.37 Å². The minimum Gasteiger partial charge on any atom is -0.508 e. The Labute approximate surface area is 288 Å². The van der Waals surface area contributed by atoms with Crippen LogP contribution in [0.1, 0.15) is 33.4 Å². The van der Waals surface area contributed by atoms with E-state index in [2.05, 4.69) is 0 Å². The van der Waals surface area contributed by atoms with Crippen molar-refractivity contribution in [2.45, 2.75) is 21.0 Å². The van der Waals surface area contributed by atoms with Crippen molar-refractivity contribution < 1.29 is 45.6 Å². The lowest BCUT2D eigenvalue weighted by molar-refractivity contribution is 0.179. The van der Waals surface area contributed by atoms with Crippen LogP contribution in [0.15, 0.2) is 155 Å². The Hall–Kier alpha value is -5.66. The van der Waals surface area contributed by atoms with E-state index in [1.54, 1.807) is 84.9 Å². The highest BCUT2D eigenvalue weighted by Gasteiger charge is 2.52. The summed E-state index contributed by atoms with van der Waals surface area (Å²) in [7, 11) is -7.91. The fraction of sp³-hybridized carbons (Fsp3) is 0.0526. The van der Waals surface area contributed by atoms with Crippen molar-refractivity contribution in [1.82, 2.24) is 0 Å². The van der Waals surface area contributed by atoms with Crippen LogP contribution >= 0.6 is 0 Å². The molecule has 0 radical (unpaired) electrons. The molecule has 0 aliphatic carbocycles. The summed E-state index contributed by atoms with van der Waals surface area (Å²) in [5.41, 5.74) is 0.467. The van der Waals surface area contributed by atoms with Gasteiger partial charge in [-0.3, -0.25) is 0 Å². The van der Waals surface area contributed by atoms with E-state index < -0.39 is 31.4 Å². The van der Waals surface area contributed by atoms with Crippen LogP contribution < -0.4 is 0 Å². The third kappa shape index (κ3) is 5.35. The molecule has 4 N–H and O–H groups in total. The number of aromatic hydroxyl groups is 4. The zero-order valence-corrected chi connectivity index (χ0v) is 27.5. The SMILES string of the molecule is O=S1(=O)OC(c2ccc(O)cc2)(c2ccc(O)cc2)c2ccccc21.O=S1(=O)OC(c2ccc(O)cc2)(c2ccc(O)cc2)c2ccccc21. The van der Waals surface area contributed by atoms with Gasteiger partial charge in [-0.1, -0.05) is 84.9 Å². The lowest BCUT2D eigenvalue weighted by Crippen LogP contribution is -2.29. The maximum Gasteiger partial charge on any atom is 0.298 e. The fourth-order valence-corrected chi connectivity index (χ4v) is 9.25. The van der Waals surface area contributed by atoms with Gasteiger partial charge in [-0.15, -0.1) is 0 Å². The quantitative estimate of drug-likeness (QED) is 0.155. The number of fused-ring (bicyclic) bond motifs is 2. The van der Waals surface area contributed by atoms with Crippen LogP contribution in [-0.4, -0.2) is 37.3 Å². The third-order valence-electron chi connectivity index (χ3n) is 8.64. The van der Waals surface area contributed by atoms with E-state index in [1.807, 2.05) is 0 Å². The molecule has 0 bridgehead atoms. The molecule has 10 nitrogen and oxygen atoms in total. The number of benzene rings is 6. The van der Waals surface area contributed by atoms with E-state index in [0.717, 1.165) is 0 Å². The molecule has 0 aromatic heterocycles. The predicted molar refractivity (Wildman–Crippen MR) is 182 cm³/mol. The van der Waals surface area contributed by atoms with Gasteiger partial charge in [0.15, 0.2) is 11.2 Å². The van der Waals surface area contributed by atoms with Gasteiger partial charge in [0.1, 0.15) is 32.8 Å². The van der Waals surface area contributed by atoms with E-state index >= 15 is 0 Å². The smallest absolute Gasteiger partial charge is 0.298 e. The molecule has 2 aliphatic heterocycles. The average molecular weight is 709 g/mol. The Morgan fingerprint density at radius 2 is 0.600 bits per heavy atom. The summed E-state index contributed by atoms with van der Waals surface area (Å²) in [6, 6.07) is 38.1. The molecule has 50 heavy (non-hydrogen) atoms. The van der Waals surface area contributed by atoms with Crippen LogP contribution in [-0.2, 0) is 39.8 Å². The van der Waals surface area contributed by atoms with Gasteiger partial charge in [-0.05, 0) is 82.9 Å². The second-order valence-electron chi connectivity index (χ2n) is 11.6. The Morgan fingerprint density at radius 3 is 0.860 bits per heavy atom. The van der Waals surface area contributed by atoms with Crippen molar-refractivity contribution in [3.63, 3.8) is 0 Å². The normalized spacial score (nSPS) is 17.1. The molecule has 6 aromatic rings. The first kappa shape index (κ1) is 32.9. The summed E-state index contributed by atoms with van der Waals surface area (Å²) in [4.78, 5) is 0.215. The largest absolute Gasteiger partial charge is 0.508 e. The van der Waals surface area contributed by atoms with Crippen molar-refractivity contribution in [1.29, 1.82) is 0 Å². The number of hydrogen-bond acceptors (Lipinski definition) is 10. The van der Waals surface area contributed by atoms with E-state index in [9.17, 15) is 37.3 Å². The van der Waals surface area contributed by atoms with Crippen LogP contribution in [0.5, 0.6) is 23.0 Å². The number of rotatable bonds is 4. The summed E-state index contributed by atoms with van der Waals surface area (Å²) in [5, 5.41) is 38.4. The molecule has 252 valence electrons. The van der Waals surface area contributed by atoms with E-state index in [1.165, 1.54) is 60.7 Å². The molecule has 0 fully saturated rings. The molecule has 2 aliphatic rings. The number of phenolic OH excluding ortho intramolecular Hbond substituents is 4. The summed E-state index contributed by atoms with van der Waals surface area (Å²) in [5.74, 6) is 0.273. The van der Waals surface area contributed by atoms with Gasteiger partial charge < -0.3 is 20.4 Å². The van der Waals surface area contributed by atoms with Crippen molar-refractivity contribution in [3.8, 4) is 23.0 Å². The molecule has 2 heterocycles. The zero-order chi connectivity index (χ0) is 35.3.